The standard InChI is InChI=1S/C57H39N3/c1-7-19-40(20-8-1)46-31-47(41-21-9-2-10-22-41)35-52(34-46)55-58-56(53-36-48(42-23-11-3-12-24-42)32-49(37-53)43-25-13-4-14-26-43)60-57(59-55)54-38-50(44-27-15-5-16-28-44)33-51(39-54)45-29-17-6-18-30-45/h1-39H. The van der Waals surface area contributed by atoms with E-state index in [0.717, 1.165) is 83.5 Å². The zero-order valence-corrected chi connectivity index (χ0v) is 32.9. The Morgan fingerprint density at radius 2 is 0.300 bits per heavy atom. The molecule has 0 atom stereocenters. The van der Waals surface area contributed by atoms with Crippen molar-refractivity contribution in [3.05, 3.63) is 237 Å². The third-order valence-electron chi connectivity index (χ3n) is 10.9. The maximum atomic E-state index is 5.38. The Kier molecular flexibility index (Phi) is 9.97. The normalized spacial score (nSPS) is 11.0. The predicted molar refractivity (Wildman–Crippen MR) is 249 cm³/mol. The van der Waals surface area contributed by atoms with Gasteiger partial charge in [-0.15, -0.1) is 0 Å². The van der Waals surface area contributed by atoms with Gasteiger partial charge >= 0.3 is 0 Å². The van der Waals surface area contributed by atoms with Gasteiger partial charge in [-0.05, 0) is 121 Å². The number of hydrogen-bond donors (Lipinski definition) is 0. The first kappa shape index (κ1) is 36.3. The average molecular weight is 766 g/mol. The second-order valence-electron chi connectivity index (χ2n) is 14.9. The van der Waals surface area contributed by atoms with Gasteiger partial charge in [0.05, 0.1) is 0 Å². The van der Waals surface area contributed by atoms with Crippen molar-refractivity contribution in [3.63, 3.8) is 0 Å². The van der Waals surface area contributed by atoms with Crippen molar-refractivity contribution in [1.29, 1.82) is 0 Å². The van der Waals surface area contributed by atoms with Gasteiger partial charge in [-0.2, -0.15) is 0 Å². The van der Waals surface area contributed by atoms with Crippen LogP contribution in [-0.4, -0.2) is 15.0 Å². The molecule has 0 N–H and O–H groups in total. The summed E-state index contributed by atoms with van der Waals surface area (Å²) in [6.45, 7) is 0. The maximum absolute atomic E-state index is 5.38. The van der Waals surface area contributed by atoms with Crippen molar-refractivity contribution >= 4 is 0 Å². The van der Waals surface area contributed by atoms with Gasteiger partial charge in [-0.25, -0.2) is 15.0 Å². The predicted octanol–water partition coefficient (Wildman–Crippen LogP) is 14.9. The highest BCUT2D eigenvalue weighted by Gasteiger charge is 2.18. The molecule has 0 aliphatic carbocycles. The monoisotopic (exact) mass is 765 g/mol. The molecule has 3 heteroatoms. The van der Waals surface area contributed by atoms with E-state index >= 15 is 0 Å². The van der Waals surface area contributed by atoms with Crippen LogP contribution in [0.15, 0.2) is 237 Å². The summed E-state index contributed by atoms with van der Waals surface area (Å²) >= 11 is 0. The number of benzene rings is 9. The van der Waals surface area contributed by atoms with Crippen molar-refractivity contribution in [2.75, 3.05) is 0 Å². The summed E-state index contributed by atoms with van der Waals surface area (Å²) < 4.78 is 0. The molecule has 0 spiro atoms. The lowest BCUT2D eigenvalue weighted by Crippen LogP contribution is -2.01. The van der Waals surface area contributed by atoms with Gasteiger partial charge in [0.2, 0.25) is 0 Å². The minimum absolute atomic E-state index is 0.600. The molecule has 10 aromatic rings. The highest BCUT2D eigenvalue weighted by molar-refractivity contribution is 5.84. The SMILES string of the molecule is c1ccc(-c2cc(-c3ccccc3)cc(-c3nc(-c4cc(-c5ccccc5)cc(-c5ccccc5)c4)nc(-c4cc(-c5ccccc5)cc(-c5ccccc5)c4)n3)c2)cc1. The van der Waals surface area contributed by atoms with Crippen LogP contribution in [0, 0.1) is 0 Å². The molecule has 60 heavy (non-hydrogen) atoms. The lowest BCUT2D eigenvalue weighted by Gasteiger charge is -2.15. The molecule has 0 aliphatic rings. The molecule has 0 amide bonds. The Morgan fingerprint density at radius 1 is 0.150 bits per heavy atom. The Labute approximate surface area is 351 Å². The number of rotatable bonds is 9. The van der Waals surface area contributed by atoms with E-state index in [1.54, 1.807) is 0 Å². The first-order valence-electron chi connectivity index (χ1n) is 20.3. The zero-order valence-electron chi connectivity index (χ0n) is 32.9. The van der Waals surface area contributed by atoms with E-state index in [2.05, 4.69) is 237 Å². The van der Waals surface area contributed by atoms with E-state index in [1.165, 1.54) is 0 Å². The van der Waals surface area contributed by atoms with E-state index in [0.29, 0.717) is 17.5 Å². The maximum Gasteiger partial charge on any atom is 0.164 e. The molecular formula is C57H39N3. The van der Waals surface area contributed by atoms with Crippen LogP contribution in [-0.2, 0) is 0 Å². The van der Waals surface area contributed by atoms with Crippen molar-refractivity contribution < 1.29 is 0 Å². The number of hydrogen-bond acceptors (Lipinski definition) is 3. The lowest BCUT2D eigenvalue weighted by molar-refractivity contribution is 1.07. The molecule has 0 aliphatic heterocycles. The van der Waals surface area contributed by atoms with Crippen LogP contribution in [0.3, 0.4) is 0 Å². The molecule has 1 aromatic heterocycles. The molecule has 0 saturated carbocycles. The molecule has 0 bridgehead atoms. The Morgan fingerprint density at radius 3 is 0.467 bits per heavy atom. The van der Waals surface area contributed by atoms with E-state index in [4.69, 9.17) is 15.0 Å². The second-order valence-corrected chi connectivity index (χ2v) is 14.9. The molecule has 0 radical (unpaired) electrons. The molecule has 0 saturated heterocycles. The third kappa shape index (κ3) is 7.80. The van der Waals surface area contributed by atoms with E-state index in [1.807, 2.05) is 0 Å². The molecule has 0 unspecified atom stereocenters. The first-order chi connectivity index (χ1) is 29.7. The first-order valence-corrected chi connectivity index (χ1v) is 20.3. The van der Waals surface area contributed by atoms with Gasteiger partial charge in [-0.1, -0.05) is 182 Å². The van der Waals surface area contributed by atoms with E-state index in [-0.39, 0.29) is 0 Å². The molecular weight excluding hydrogens is 727 g/mol. The minimum Gasteiger partial charge on any atom is -0.208 e. The van der Waals surface area contributed by atoms with Crippen LogP contribution >= 0.6 is 0 Å². The van der Waals surface area contributed by atoms with Crippen molar-refractivity contribution in [1.82, 2.24) is 15.0 Å². The van der Waals surface area contributed by atoms with Gasteiger partial charge in [0.15, 0.2) is 17.5 Å². The van der Waals surface area contributed by atoms with Crippen LogP contribution in [0.1, 0.15) is 0 Å². The highest BCUT2D eigenvalue weighted by atomic mass is 15.0. The average Bonchev–Trinajstić information content (AvgIpc) is 3.35. The smallest absolute Gasteiger partial charge is 0.164 e. The number of aromatic nitrogens is 3. The minimum atomic E-state index is 0.600. The highest BCUT2D eigenvalue weighted by Crippen LogP contribution is 2.37. The summed E-state index contributed by atoms with van der Waals surface area (Å²) in [5.74, 6) is 1.80. The van der Waals surface area contributed by atoms with Gasteiger partial charge < -0.3 is 0 Å². The molecule has 9 aromatic carbocycles. The van der Waals surface area contributed by atoms with Crippen LogP contribution < -0.4 is 0 Å². The summed E-state index contributed by atoms with van der Waals surface area (Å²) in [6, 6.07) is 83.1. The fourth-order valence-corrected chi connectivity index (χ4v) is 7.82. The van der Waals surface area contributed by atoms with Crippen LogP contribution in [0.25, 0.3) is 101 Å². The molecule has 10 rings (SSSR count). The van der Waals surface area contributed by atoms with Crippen molar-refractivity contribution in [2.45, 2.75) is 0 Å². The van der Waals surface area contributed by atoms with Gasteiger partial charge in [-0.3, -0.25) is 0 Å². The van der Waals surface area contributed by atoms with Crippen molar-refractivity contribution in [2.24, 2.45) is 0 Å². The molecule has 0 fully saturated rings. The van der Waals surface area contributed by atoms with Crippen LogP contribution in [0.2, 0.25) is 0 Å². The van der Waals surface area contributed by atoms with Gasteiger partial charge in [0, 0.05) is 16.7 Å². The fourth-order valence-electron chi connectivity index (χ4n) is 7.82. The Balaban J connectivity index is 1.24. The number of nitrogens with zero attached hydrogens (tertiary/aromatic N) is 3. The fraction of sp³-hybridized carbons (Fsp3) is 0. The summed E-state index contributed by atoms with van der Waals surface area (Å²) in [7, 11) is 0. The zero-order chi connectivity index (χ0) is 40.1. The van der Waals surface area contributed by atoms with E-state index < -0.39 is 0 Å². The molecule has 3 nitrogen and oxygen atoms in total. The van der Waals surface area contributed by atoms with Gasteiger partial charge in [0.25, 0.3) is 0 Å². The summed E-state index contributed by atoms with van der Waals surface area (Å²) in [6.07, 6.45) is 0. The van der Waals surface area contributed by atoms with E-state index in [9.17, 15) is 0 Å². The summed E-state index contributed by atoms with van der Waals surface area (Å²) in [5.41, 5.74) is 16.0. The molecule has 1 heterocycles. The van der Waals surface area contributed by atoms with Gasteiger partial charge in [0.1, 0.15) is 0 Å². The topological polar surface area (TPSA) is 38.7 Å². The van der Waals surface area contributed by atoms with Crippen LogP contribution in [0.5, 0.6) is 0 Å². The summed E-state index contributed by atoms with van der Waals surface area (Å²) in [4.78, 5) is 16.1. The lowest BCUT2D eigenvalue weighted by atomic mass is 9.94. The molecule has 282 valence electrons. The van der Waals surface area contributed by atoms with Crippen molar-refractivity contribution in [3.8, 4) is 101 Å². The van der Waals surface area contributed by atoms with Crippen LogP contribution in [0.4, 0.5) is 0 Å². The Bertz CT molecular complexity index is 2520. The largest absolute Gasteiger partial charge is 0.208 e. The second kappa shape index (κ2) is 16.5. The summed E-state index contributed by atoms with van der Waals surface area (Å²) in [5, 5.41) is 0. The Hall–Kier alpha value is -8.01. The third-order valence-corrected chi connectivity index (χ3v) is 10.9. The quantitative estimate of drug-likeness (QED) is 0.147.